The lowest BCUT2D eigenvalue weighted by molar-refractivity contribution is -0.143. The van der Waals surface area contributed by atoms with Crippen LogP contribution < -0.4 is 14.8 Å². The van der Waals surface area contributed by atoms with Gasteiger partial charge in [0.15, 0.2) is 24.7 Å². The molecule has 1 amide bonds. The number of amides is 1. The van der Waals surface area contributed by atoms with Gasteiger partial charge in [-0.1, -0.05) is 17.7 Å². The summed E-state index contributed by atoms with van der Waals surface area (Å²) in [6.07, 6.45) is 10.6. The zero-order valence-corrected chi connectivity index (χ0v) is 16.6. The van der Waals surface area contributed by atoms with Gasteiger partial charge in [0.05, 0.1) is 7.11 Å². The standard InChI is InChI=1S/C22H26N2O5/c1-27-20-15-18(7-9-19(20)28-14-12-23)8-10-22(26)29-16-21(25)24-13-11-17-5-3-2-4-6-17/h5,7-10,15H,2-4,6,11,13-14,16H2,1H3,(H,24,25). The van der Waals surface area contributed by atoms with Crippen molar-refractivity contribution in [2.75, 3.05) is 26.9 Å². The van der Waals surface area contributed by atoms with Crippen LogP contribution in [-0.4, -0.2) is 38.7 Å². The highest BCUT2D eigenvalue weighted by Crippen LogP contribution is 2.28. The highest BCUT2D eigenvalue weighted by Gasteiger charge is 2.08. The second-order valence-corrected chi connectivity index (χ2v) is 6.51. The van der Waals surface area contributed by atoms with Crippen molar-refractivity contribution in [2.45, 2.75) is 32.1 Å². The van der Waals surface area contributed by atoms with Crippen molar-refractivity contribution >= 4 is 18.0 Å². The lowest BCUT2D eigenvalue weighted by atomic mass is 9.97. The highest BCUT2D eigenvalue weighted by atomic mass is 16.5. The second-order valence-electron chi connectivity index (χ2n) is 6.51. The summed E-state index contributed by atoms with van der Waals surface area (Å²) in [7, 11) is 1.49. The largest absolute Gasteiger partial charge is 0.493 e. The summed E-state index contributed by atoms with van der Waals surface area (Å²) in [4.78, 5) is 23.6. The molecule has 1 aromatic carbocycles. The maximum absolute atomic E-state index is 11.8. The van der Waals surface area contributed by atoms with Gasteiger partial charge in [0.25, 0.3) is 5.91 Å². The number of nitriles is 1. The lowest BCUT2D eigenvalue weighted by Crippen LogP contribution is -2.29. The molecule has 0 saturated heterocycles. The Morgan fingerprint density at radius 3 is 2.86 bits per heavy atom. The van der Waals surface area contributed by atoms with Crippen LogP contribution in [-0.2, 0) is 14.3 Å². The minimum Gasteiger partial charge on any atom is -0.493 e. The van der Waals surface area contributed by atoms with Crippen LogP contribution in [0.2, 0.25) is 0 Å². The molecule has 0 unspecified atom stereocenters. The molecule has 7 heteroatoms. The van der Waals surface area contributed by atoms with Crippen LogP contribution >= 0.6 is 0 Å². The maximum atomic E-state index is 11.8. The predicted octanol–water partition coefficient (Wildman–Crippen LogP) is 3.16. The molecule has 1 aromatic rings. The first-order valence-electron chi connectivity index (χ1n) is 9.59. The van der Waals surface area contributed by atoms with Gasteiger partial charge in [-0.05, 0) is 55.9 Å². The van der Waals surface area contributed by atoms with Crippen molar-refractivity contribution in [3.8, 4) is 17.6 Å². The fraction of sp³-hybridized carbons (Fsp3) is 0.409. The fourth-order valence-electron chi connectivity index (χ4n) is 2.91. The van der Waals surface area contributed by atoms with E-state index in [1.807, 2.05) is 6.07 Å². The second kappa shape index (κ2) is 12.2. The van der Waals surface area contributed by atoms with E-state index in [4.69, 9.17) is 19.5 Å². The third-order valence-corrected chi connectivity index (χ3v) is 4.39. The van der Waals surface area contributed by atoms with Gasteiger partial charge < -0.3 is 19.5 Å². The van der Waals surface area contributed by atoms with E-state index in [1.165, 1.54) is 31.6 Å². The average molecular weight is 398 g/mol. The molecule has 2 rings (SSSR count). The van der Waals surface area contributed by atoms with Crippen molar-refractivity contribution in [2.24, 2.45) is 0 Å². The van der Waals surface area contributed by atoms with E-state index in [1.54, 1.807) is 24.3 Å². The SMILES string of the molecule is COc1cc(C=CC(=O)OCC(=O)NCCC2=CCCCC2)ccc1OCC#N. The molecule has 0 aliphatic heterocycles. The number of rotatable bonds is 10. The minimum absolute atomic E-state index is 0.0858. The van der Waals surface area contributed by atoms with Gasteiger partial charge in [0.1, 0.15) is 6.07 Å². The van der Waals surface area contributed by atoms with Crippen molar-refractivity contribution in [3.05, 3.63) is 41.5 Å². The smallest absolute Gasteiger partial charge is 0.331 e. The Bertz CT molecular complexity index is 808. The molecule has 0 bridgehead atoms. The Kier molecular flexibility index (Phi) is 9.30. The van der Waals surface area contributed by atoms with E-state index in [2.05, 4.69) is 11.4 Å². The zero-order valence-electron chi connectivity index (χ0n) is 16.6. The number of benzene rings is 1. The van der Waals surface area contributed by atoms with Gasteiger partial charge in [-0.15, -0.1) is 0 Å². The molecule has 0 spiro atoms. The van der Waals surface area contributed by atoms with Crippen LogP contribution in [0.5, 0.6) is 11.5 Å². The molecular formula is C22H26N2O5. The van der Waals surface area contributed by atoms with E-state index in [9.17, 15) is 9.59 Å². The summed E-state index contributed by atoms with van der Waals surface area (Å²) < 4.78 is 15.4. The van der Waals surface area contributed by atoms with Gasteiger partial charge in [-0.3, -0.25) is 4.79 Å². The van der Waals surface area contributed by atoms with E-state index >= 15 is 0 Å². The van der Waals surface area contributed by atoms with Gasteiger partial charge in [-0.2, -0.15) is 5.26 Å². The Morgan fingerprint density at radius 1 is 1.28 bits per heavy atom. The number of allylic oxidation sites excluding steroid dienone is 1. The molecule has 29 heavy (non-hydrogen) atoms. The van der Waals surface area contributed by atoms with E-state index < -0.39 is 5.97 Å². The molecule has 1 aliphatic rings. The lowest BCUT2D eigenvalue weighted by Gasteiger charge is -2.12. The van der Waals surface area contributed by atoms with E-state index in [-0.39, 0.29) is 19.1 Å². The van der Waals surface area contributed by atoms with Crippen LogP contribution in [0.1, 0.15) is 37.7 Å². The van der Waals surface area contributed by atoms with Crippen molar-refractivity contribution in [3.63, 3.8) is 0 Å². The van der Waals surface area contributed by atoms with Crippen LogP contribution in [0.25, 0.3) is 6.08 Å². The Labute approximate surface area is 170 Å². The first-order valence-corrected chi connectivity index (χ1v) is 9.59. The predicted molar refractivity (Wildman–Crippen MR) is 108 cm³/mol. The van der Waals surface area contributed by atoms with Gasteiger partial charge >= 0.3 is 5.97 Å². The number of carbonyl (C=O) groups excluding carboxylic acids is 2. The number of ether oxygens (including phenoxy) is 3. The van der Waals surface area contributed by atoms with E-state index in [0.29, 0.717) is 23.6 Å². The molecule has 0 fully saturated rings. The van der Waals surface area contributed by atoms with Crippen LogP contribution in [0, 0.1) is 11.3 Å². The summed E-state index contributed by atoms with van der Waals surface area (Å²) in [6.45, 7) is 0.155. The third-order valence-electron chi connectivity index (χ3n) is 4.39. The Hall–Kier alpha value is -3.27. The number of hydrogen-bond acceptors (Lipinski definition) is 6. The number of carbonyl (C=O) groups is 2. The van der Waals surface area contributed by atoms with E-state index in [0.717, 1.165) is 19.3 Å². The topological polar surface area (TPSA) is 97.7 Å². The normalized spacial score (nSPS) is 13.3. The van der Waals surface area contributed by atoms with Crippen LogP contribution in [0.3, 0.4) is 0 Å². The molecule has 1 N–H and O–H groups in total. The molecule has 7 nitrogen and oxygen atoms in total. The summed E-state index contributed by atoms with van der Waals surface area (Å²) in [5, 5.41) is 11.3. The molecular weight excluding hydrogens is 372 g/mol. The fourth-order valence-corrected chi connectivity index (χ4v) is 2.91. The highest BCUT2D eigenvalue weighted by molar-refractivity contribution is 5.89. The zero-order chi connectivity index (χ0) is 20.9. The molecule has 0 atom stereocenters. The van der Waals surface area contributed by atoms with Crippen molar-refractivity contribution < 1.29 is 23.8 Å². The number of nitrogens with zero attached hydrogens (tertiary/aromatic N) is 1. The monoisotopic (exact) mass is 398 g/mol. The van der Waals surface area contributed by atoms with Crippen LogP contribution in [0.15, 0.2) is 35.9 Å². The summed E-state index contributed by atoms with van der Waals surface area (Å²) in [5.41, 5.74) is 2.07. The molecule has 0 radical (unpaired) electrons. The summed E-state index contributed by atoms with van der Waals surface area (Å²) in [5.74, 6) is -0.0413. The first-order chi connectivity index (χ1) is 14.1. The molecule has 0 heterocycles. The summed E-state index contributed by atoms with van der Waals surface area (Å²) in [6, 6.07) is 6.92. The maximum Gasteiger partial charge on any atom is 0.331 e. The molecule has 1 aliphatic carbocycles. The van der Waals surface area contributed by atoms with Gasteiger partial charge in [-0.25, -0.2) is 4.79 Å². The van der Waals surface area contributed by atoms with Gasteiger partial charge in [0, 0.05) is 12.6 Å². The molecule has 0 saturated carbocycles. The van der Waals surface area contributed by atoms with Gasteiger partial charge in [0.2, 0.25) is 0 Å². The third kappa shape index (κ3) is 8.09. The first kappa shape index (κ1) is 22.0. The van der Waals surface area contributed by atoms with Crippen molar-refractivity contribution in [1.82, 2.24) is 5.32 Å². The Morgan fingerprint density at radius 2 is 2.14 bits per heavy atom. The number of methoxy groups -OCH3 is 1. The number of nitrogens with one attached hydrogen (secondary N) is 1. The molecule has 154 valence electrons. The quantitative estimate of drug-likeness (QED) is 0.369. The minimum atomic E-state index is -0.612. The number of hydrogen-bond donors (Lipinski definition) is 1. The average Bonchev–Trinajstić information content (AvgIpc) is 2.75. The summed E-state index contributed by atoms with van der Waals surface area (Å²) >= 11 is 0. The number of esters is 1. The van der Waals surface area contributed by atoms with Crippen LogP contribution in [0.4, 0.5) is 0 Å². The molecule has 0 aromatic heterocycles. The Balaban J connectivity index is 1.73. The van der Waals surface area contributed by atoms with Crippen molar-refractivity contribution in [1.29, 1.82) is 5.26 Å².